The molecule has 0 saturated heterocycles. The first kappa shape index (κ1) is 22.6. The Kier molecular flexibility index (Phi) is 9.02. The van der Waals surface area contributed by atoms with Crippen molar-refractivity contribution >= 4 is 33.3 Å². The lowest BCUT2D eigenvalue weighted by atomic mass is 9.87. The Labute approximate surface area is 161 Å². The van der Waals surface area contributed by atoms with Gasteiger partial charge >= 0.3 is 0 Å². The van der Waals surface area contributed by atoms with Gasteiger partial charge in [-0.3, -0.25) is 4.18 Å². The zero-order valence-corrected chi connectivity index (χ0v) is 17.7. The molecule has 0 bridgehead atoms. The second-order valence-electron chi connectivity index (χ2n) is 7.16. The van der Waals surface area contributed by atoms with E-state index in [0.29, 0.717) is 22.4 Å². The third-order valence-corrected chi connectivity index (χ3v) is 4.85. The number of hydrogen-bond donors (Lipinski definition) is 0. The Morgan fingerprint density at radius 2 is 1.40 bits per heavy atom. The molecule has 0 amide bonds. The molecule has 0 fully saturated rings. The minimum Gasteiger partial charge on any atom is -0.490 e. The number of ether oxygens (including phenoxy) is 1. The van der Waals surface area contributed by atoms with Crippen LogP contribution in [0.3, 0.4) is 0 Å². The number of rotatable bonds is 10. The summed E-state index contributed by atoms with van der Waals surface area (Å²) in [6, 6.07) is 3.81. The van der Waals surface area contributed by atoms with E-state index in [1.165, 1.54) is 0 Å². The van der Waals surface area contributed by atoms with Gasteiger partial charge < -0.3 is 4.74 Å². The van der Waals surface area contributed by atoms with Crippen LogP contribution in [0.25, 0.3) is 0 Å². The highest BCUT2D eigenvalue weighted by atomic mass is 35.5. The maximum Gasteiger partial charge on any atom is 0.264 e. The summed E-state index contributed by atoms with van der Waals surface area (Å²) in [6.45, 7) is 7.12. The zero-order valence-electron chi connectivity index (χ0n) is 15.4. The molecule has 0 aromatic heterocycles. The van der Waals surface area contributed by atoms with Crippen LogP contribution in [0.2, 0.25) is 10.0 Å². The Balaban J connectivity index is 2.29. The van der Waals surface area contributed by atoms with Crippen molar-refractivity contribution in [2.45, 2.75) is 58.3 Å². The van der Waals surface area contributed by atoms with E-state index in [1.807, 2.05) is 12.1 Å². The molecule has 0 heterocycles. The number of hydrogen-bond acceptors (Lipinski definition) is 4. The lowest BCUT2D eigenvalue weighted by Crippen LogP contribution is -2.11. The van der Waals surface area contributed by atoms with Gasteiger partial charge in [0.05, 0.1) is 29.5 Å². The van der Waals surface area contributed by atoms with Gasteiger partial charge in [0.25, 0.3) is 10.1 Å². The van der Waals surface area contributed by atoms with Crippen molar-refractivity contribution < 1.29 is 17.3 Å². The molecule has 0 spiro atoms. The van der Waals surface area contributed by atoms with E-state index < -0.39 is 10.1 Å². The van der Waals surface area contributed by atoms with Crippen molar-refractivity contribution in [3.8, 4) is 5.75 Å². The summed E-state index contributed by atoms with van der Waals surface area (Å²) in [5.74, 6) is 0.540. The van der Waals surface area contributed by atoms with E-state index in [1.54, 1.807) is 0 Å². The Hall–Kier alpha value is -0.490. The van der Waals surface area contributed by atoms with Crippen molar-refractivity contribution in [2.24, 2.45) is 0 Å². The molecule has 4 nitrogen and oxygen atoms in total. The van der Waals surface area contributed by atoms with Crippen molar-refractivity contribution in [1.82, 2.24) is 0 Å². The number of benzene rings is 1. The van der Waals surface area contributed by atoms with Crippen LogP contribution in [-0.4, -0.2) is 27.9 Å². The van der Waals surface area contributed by atoms with E-state index in [0.717, 1.165) is 43.9 Å². The second-order valence-corrected chi connectivity index (χ2v) is 9.62. The highest BCUT2D eigenvalue weighted by molar-refractivity contribution is 7.85. The Morgan fingerprint density at radius 1 is 0.920 bits per heavy atom. The van der Waals surface area contributed by atoms with Crippen LogP contribution in [0.5, 0.6) is 5.75 Å². The lowest BCUT2D eigenvalue weighted by Gasteiger charge is -2.21. The molecule has 0 saturated carbocycles. The summed E-state index contributed by atoms with van der Waals surface area (Å²) in [4.78, 5) is 0. The highest BCUT2D eigenvalue weighted by Gasteiger charge is 2.18. The Bertz CT molecular complexity index is 629. The van der Waals surface area contributed by atoms with Crippen molar-refractivity contribution in [2.75, 3.05) is 19.5 Å². The highest BCUT2D eigenvalue weighted by Crippen LogP contribution is 2.37. The van der Waals surface area contributed by atoms with Gasteiger partial charge in [-0.1, -0.05) is 63.2 Å². The maximum absolute atomic E-state index is 10.8. The molecule has 0 aliphatic rings. The first-order chi connectivity index (χ1) is 11.5. The molecular weight excluding hydrogens is 383 g/mol. The summed E-state index contributed by atoms with van der Waals surface area (Å²) in [5, 5.41) is 1.07. The third-order valence-electron chi connectivity index (χ3n) is 3.70. The molecule has 144 valence electrons. The lowest BCUT2D eigenvalue weighted by molar-refractivity contribution is 0.296. The molecule has 0 unspecified atom stereocenters. The van der Waals surface area contributed by atoms with Crippen LogP contribution >= 0.6 is 23.2 Å². The molecule has 0 aliphatic heterocycles. The van der Waals surface area contributed by atoms with Gasteiger partial charge in [-0.15, -0.1) is 0 Å². The average molecular weight is 411 g/mol. The first-order valence-corrected chi connectivity index (χ1v) is 11.0. The van der Waals surface area contributed by atoms with Crippen LogP contribution in [0.15, 0.2) is 12.1 Å². The second kappa shape index (κ2) is 10.0. The molecule has 0 aliphatic carbocycles. The van der Waals surface area contributed by atoms with Gasteiger partial charge in [-0.05, 0) is 36.0 Å². The minimum absolute atomic E-state index is 0.0212. The molecule has 0 atom stereocenters. The minimum atomic E-state index is -3.32. The number of halogens is 2. The first-order valence-electron chi connectivity index (χ1n) is 8.47. The third kappa shape index (κ3) is 9.13. The van der Waals surface area contributed by atoms with E-state index in [4.69, 9.17) is 32.1 Å². The van der Waals surface area contributed by atoms with Gasteiger partial charge in [0.15, 0.2) is 5.75 Å². The van der Waals surface area contributed by atoms with E-state index >= 15 is 0 Å². The van der Waals surface area contributed by atoms with E-state index in [9.17, 15) is 8.42 Å². The smallest absolute Gasteiger partial charge is 0.264 e. The quantitative estimate of drug-likeness (QED) is 0.372. The fourth-order valence-electron chi connectivity index (χ4n) is 2.25. The zero-order chi connectivity index (χ0) is 19.1. The number of unbranched alkanes of at least 4 members (excludes halogenated alkanes) is 4. The van der Waals surface area contributed by atoms with Crippen LogP contribution in [0.4, 0.5) is 0 Å². The standard InChI is InChI=1S/C18H28Cl2O4S/c1-18(2,3)14-12-15(19)17(16(20)13-14)23-10-8-6-5-7-9-11-24-25(4,21)22/h12-13H,5-11H2,1-4H3. The maximum atomic E-state index is 10.8. The predicted molar refractivity (Wildman–Crippen MR) is 105 cm³/mol. The van der Waals surface area contributed by atoms with Crippen molar-refractivity contribution in [1.29, 1.82) is 0 Å². The van der Waals surface area contributed by atoms with Crippen molar-refractivity contribution in [3.63, 3.8) is 0 Å². The fraction of sp³-hybridized carbons (Fsp3) is 0.667. The summed E-state index contributed by atoms with van der Waals surface area (Å²) in [7, 11) is -3.32. The largest absolute Gasteiger partial charge is 0.490 e. The molecule has 0 radical (unpaired) electrons. The fourth-order valence-corrected chi connectivity index (χ4v) is 3.27. The summed E-state index contributed by atoms with van der Waals surface area (Å²) in [6.07, 6.45) is 5.61. The summed E-state index contributed by atoms with van der Waals surface area (Å²) in [5.41, 5.74) is 1.05. The van der Waals surface area contributed by atoms with Crippen molar-refractivity contribution in [3.05, 3.63) is 27.7 Å². The Morgan fingerprint density at radius 3 is 1.88 bits per heavy atom. The molecule has 7 heteroatoms. The molecule has 0 N–H and O–H groups in total. The van der Waals surface area contributed by atoms with Gasteiger partial charge in [-0.25, -0.2) is 0 Å². The van der Waals surface area contributed by atoms with E-state index in [2.05, 4.69) is 20.8 Å². The SMILES string of the molecule is CC(C)(C)c1cc(Cl)c(OCCCCCCCOS(C)(=O)=O)c(Cl)c1. The van der Waals surface area contributed by atoms with E-state index in [-0.39, 0.29) is 12.0 Å². The van der Waals surface area contributed by atoms with Gasteiger partial charge in [-0.2, -0.15) is 8.42 Å². The van der Waals surface area contributed by atoms with Crippen LogP contribution in [0.1, 0.15) is 58.4 Å². The molecule has 1 rings (SSSR count). The van der Waals surface area contributed by atoms with Gasteiger partial charge in [0, 0.05) is 0 Å². The van der Waals surface area contributed by atoms with Crippen LogP contribution < -0.4 is 4.74 Å². The average Bonchev–Trinajstić information content (AvgIpc) is 2.45. The summed E-state index contributed by atoms with van der Waals surface area (Å²) < 4.78 is 32.1. The normalized spacial score (nSPS) is 12.4. The monoisotopic (exact) mass is 410 g/mol. The summed E-state index contributed by atoms with van der Waals surface area (Å²) >= 11 is 12.6. The predicted octanol–water partition coefficient (Wildman–Crippen LogP) is 5.60. The molecule has 1 aromatic carbocycles. The van der Waals surface area contributed by atoms with Gasteiger partial charge in [0.2, 0.25) is 0 Å². The van der Waals surface area contributed by atoms with Gasteiger partial charge in [0.1, 0.15) is 0 Å². The topological polar surface area (TPSA) is 52.6 Å². The molecule has 25 heavy (non-hydrogen) atoms. The molecular formula is C18H28Cl2O4S. The van der Waals surface area contributed by atoms with Crippen LogP contribution in [0, 0.1) is 0 Å². The van der Waals surface area contributed by atoms with Crippen LogP contribution in [-0.2, 0) is 19.7 Å². The molecule has 1 aromatic rings.